The first-order chi connectivity index (χ1) is 10.3. The number of carbonyl (C=O) groups excluding carboxylic acids is 1. The first kappa shape index (κ1) is 13.8. The number of amides is 1. The van der Waals surface area contributed by atoms with Crippen molar-refractivity contribution >= 4 is 22.8 Å². The van der Waals surface area contributed by atoms with Crippen molar-refractivity contribution in [1.82, 2.24) is 14.7 Å². The van der Waals surface area contributed by atoms with Crippen molar-refractivity contribution in [1.29, 1.82) is 0 Å². The summed E-state index contributed by atoms with van der Waals surface area (Å²) < 4.78 is 1.95. The fraction of sp³-hybridized carbons (Fsp3) is 0.250. The molecule has 5 heteroatoms. The zero-order valence-corrected chi connectivity index (χ0v) is 12.7. The molecular formula is C16H17N3OS. The number of nitrogens with one attached hydrogen (secondary N) is 1. The summed E-state index contributed by atoms with van der Waals surface area (Å²) in [4.78, 5) is 17.8. The van der Waals surface area contributed by atoms with Crippen LogP contribution in [-0.4, -0.2) is 21.8 Å². The van der Waals surface area contributed by atoms with Crippen molar-refractivity contribution in [3.63, 3.8) is 0 Å². The number of aryl methyl sites for hydroxylation is 1. The Bertz CT molecular complexity index is 727. The minimum Gasteiger partial charge on any atom is -0.352 e. The van der Waals surface area contributed by atoms with Crippen molar-refractivity contribution in [3.05, 3.63) is 58.3 Å². The van der Waals surface area contributed by atoms with Crippen LogP contribution >= 0.6 is 11.3 Å². The maximum absolute atomic E-state index is 12.1. The molecule has 0 aliphatic carbocycles. The Kier molecular flexibility index (Phi) is 4.01. The van der Waals surface area contributed by atoms with Crippen LogP contribution in [0, 0.1) is 0 Å². The second-order valence-corrected chi connectivity index (χ2v) is 6.04. The van der Waals surface area contributed by atoms with Crippen LogP contribution in [0.25, 0.3) is 5.52 Å². The average molecular weight is 299 g/mol. The van der Waals surface area contributed by atoms with Gasteiger partial charge in [-0.3, -0.25) is 4.79 Å². The lowest BCUT2D eigenvalue weighted by molar-refractivity contribution is 0.0954. The van der Waals surface area contributed by atoms with Gasteiger partial charge in [-0.05, 0) is 24.6 Å². The van der Waals surface area contributed by atoms with Crippen molar-refractivity contribution in [3.8, 4) is 0 Å². The van der Waals surface area contributed by atoms with E-state index in [0.29, 0.717) is 12.1 Å². The molecule has 21 heavy (non-hydrogen) atoms. The van der Waals surface area contributed by atoms with E-state index in [0.717, 1.165) is 23.4 Å². The second kappa shape index (κ2) is 6.10. The van der Waals surface area contributed by atoms with Crippen molar-refractivity contribution < 1.29 is 4.79 Å². The van der Waals surface area contributed by atoms with Gasteiger partial charge in [0.15, 0.2) is 0 Å². The number of aromatic nitrogens is 2. The van der Waals surface area contributed by atoms with E-state index in [-0.39, 0.29) is 5.91 Å². The fourth-order valence-electron chi connectivity index (χ4n) is 2.19. The van der Waals surface area contributed by atoms with E-state index >= 15 is 0 Å². The number of hydrogen-bond acceptors (Lipinski definition) is 3. The third-order valence-electron chi connectivity index (χ3n) is 3.34. The van der Waals surface area contributed by atoms with Crippen molar-refractivity contribution in [2.75, 3.05) is 6.54 Å². The summed E-state index contributed by atoms with van der Waals surface area (Å²) in [5, 5.41) is 4.03. The molecule has 0 bridgehead atoms. The predicted octanol–water partition coefficient (Wildman–Crippen LogP) is 2.93. The molecule has 0 spiro atoms. The molecule has 1 amide bonds. The number of thiazole rings is 1. The highest BCUT2D eigenvalue weighted by Gasteiger charge is 2.08. The standard InChI is InChI=1S/C16H17N3OS/c1-2-14-10-18-15(21-14)6-7-17-16(20)12-9-13-5-3-4-8-19(13)11-12/h3-5,8-11H,2,6-7H2,1H3,(H,17,20). The summed E-state index contributed by atoms with van der Waals surface area (Å²) in [6.45, 7) is 2.73. The van der Waals surface area contributed by atoms with Crippen LogP contribution < -0.4 is 5.32 Å². The normalized spacial score (nSPS) is 10.9. The molecule has 1 N–H and O–H groups in total. The topological polar surface area (TPSA) is 46.4 Å². The minimum absolute atomic E-state index is 0.0361. The first-order valence-corrected chi connectivity index (χ1v) is 7.86. The molecule has 0 saturated carbocycles. The van der Waals surface area contributed by atoms with E-state index in [9.17, 15) is 4.79 Å². The monoisotopic (exact) mass is 299 g/mol. The first-order valence-electron chi connectivity index (χ1n) is 7.05. The third kappa shape index (κ3) is 3.13. The zero-order chi connectivity index (χ0) is 14.7. The molecule has 0 fully saturated rings. The maximum atomic E-state index is 12.1. The molecule has 3 aromatic heterocycles. The summed E-state index contributed by atoms with van der Waals surface area (Å²) in [5.74, 6) is -0.0361. The predicted molar refractivity (Wildman–Crippen MR) is 84.9 cm³/mol. The molecule has 3 heterocycles. The largest absolute Gasteiger partial charge is 0.352 e. The minimum atomic E-state index is -0.0361. The van der Waals surface area contributed by atoms with Gasteiger partial charge in [-0.15, -0.1) is 11.3 Å². The van der Waals surface area contributed by atoms with Crippen LogP contribution in [-0.2, 0) is 12.8 Å². The lowest BCUT2D eigenvalue weighted by Crippen LogP contribution is -2.25. The Balaban J connectivity index is 1.58. The Labute approximate surface area is 127 Å². The van der Waals surface area contributed by atoms with Gasteiger partial charge in [0.1, 0.15) is 0 Å². The van der Waals surface area contributed by atoms with Crippen LogP contribution in [0.3, 0.4) is 0 Å². The SMILES string of the molecule is CCc1cnc(CCNC(=O)c2cc3ccccn3c2)s1. The smallest absolute Gasteiger partial charge is 0.252 e. The summed E-state index contributed by atoms with van der Waals surface area (Å²) in [7, 11) is 0. The van der Waals surface area contributed by atoms with Crippen molar-refractivity contribution in [2.24, 2.45) is 0 Å². The molecule has 3 rings (SSSR count). The molecule has 0 aromatic carbocycles. The zero-order valence-electron chi connectivity index (χ0n) is 11.9. The van der Waals surface area contributed by atoms with Gasteiger partial charge in [-0.2, -0.15) is 0 Å². The van der Waals surface area contributed by atoms with E-state index in [1.807, 2.05) is 47.3 Å². The van der Waals surface area contributed by atoms with Gasteiger partial charge in [-0.25, -0.2) is 4.98 Å². The average Bonchev–Trinajstić information content (AvgIpc) is 3.13. The van der Waals surface area contributed by atoms with Crippen LogP contribution in [0.2, 0.25) is 0 Å². The maximum Gasteiger partial charge on any atom is 0.252 e. The van der Waals surface area contributed by atoms with Crippen molar-refractivity contribution in [2.45, 2.75) is 19.8 Å². The van der Waals surface area contributed by atoms with Gasteiger partial charge < -0.3 is 9.72 Å². The molecule has 0 atom stereocenters. The van der Waals surface area contributed by atoms with Gasteiger partial charge in [0.25, 0.3) is 5.91 Å². The molecule has 3 aromatic rings. The molecule has 0 aliphatic heterocycles. The number of pyridine rings is 1. The van der Waals surface area contributed by atoms with E-state index < -0.39 is 0 Å². The van der Waals surface area contributed by atoms with Gasteiger partial charge in [0.05, 0.1) is 10.6 Å². The summed E-state index contributed by atoms with van der Waals surface area (Å²) in [6.07, 6.45) is 7.50. The highest BCUT2D eigenvalue weighted by molar-refractivity contribution is 7.11. The Hall–Kier alpha value is -2.14. The molecule has 4 nitrogen and oxygen atoms in total. The second-order valence-electron chi connectivity index (χ2n) is 4.84. The summed E-state index contributed by atoms with van der Waals surface area (Å²) >= 11 is 1.72. The van der Waals surface area contributed by atoms with E-state index in [2.05, 4.69) is 17.2 Å². The Morgan fingerprint density at radius 1 is 1.43 bits per heavy atom. The molecule has 108 valence electrons. The fourth-order valence-corrected chi connectivity index (χ4v) is 3.05. The molecule has 0 saturated heterocycles. The van der Waals surface area contributed by atoms with Gasteiger partial charge in [0.2, 0.25) is 0 Å². The lowest BCUT2D eigenvalue weighted by Gasteiger charge is -2.01. The van der Waals surface area contributed by atoms with Crippen LogP contribution in [0.15, 0.2) is 42.9 Å². The number of nitrogens with zero attached hydrogens (tertiary/aromatic N) is 2. The van der Waals surface area contributed by atoms with Gasteiger partial charge >= 0.3 is 0 Å². The molecule has 0 aliphatic rings. The molecule has 0 unspecified atom stereocenters. The quantitative estimate of drug-likeness (QED) is 0.787. The van der Waals surface area contributed by atoms with Gasteiger partial charge in [0, 0.05) is 41.9 Å². The van der Waals surface area contributed by atoms with E-state index in [1.54, 1.807) is 11.3 Å². The highest BCUT2D eigenvalue weighted by Crippen LogP contribution is 2.13. The number of carbonyl (C=O) groups is 1. The summed E-state index contributed by atoms with van der Waals surface area (Å²) in [5.41, 5.74) is 1.71. The number of hydrogen-bond donors (Lipinski definition) is 1. The Morgan fingerprint density at radius 2 is 2.33 bits per heavy atom. The number of rotatable bonds is 5. The molecular weight excluding hydrogens is 282 g/mol. The number of fused-ring (bicyclic) bond motifs is 1. The summed E-state index contributed by atoms with van der Waals surface area (Å²) in [6, 6.07) is 7.79. The Morgan fingerprint density at radius 3 is 3.10 bits per heavy atom. The van der Waals surface area contributed by atoms with Gasteiger partial charge in [-0.1, -0.05) is 13.0 Å². The molecule has 0 radical (unpaired) electrons. The third-order valence-corrected chi connectivity index (χ3v) is 4.54. The van der Waals surface area contributed by atoms with Crippen LogP contribution in [0.1, 0.15) is 27.2 Å². The highest BCUT2D eigenvalue weighted by atomic mass is 32.1. The van der Waals surface area contributed by atoms with E-state index in [1.165, 1.54) is 4.88 Å². The lowest BCUT2D eigenvalue weighted by atomic mass is 10.3. The van der Waals surface area contributed by atoms with Crippen LogP contribution in [0.5, 0.6) is 0 Å². The van der Waals surface area contributed by atoms with E-state index in [4.69, 9.17) is 0 Å². The van der Waals surface area contributed by atoms with Crippen LogP contribution in [0.4, 0.5) is 0 Å².